The second-order valence-electron chi connectivity index (χ2n) is 4.18. The first kappa shape index (κ1) is 10.9. The Morgan fingerprint density at radius 1 is 1.46 bits per heavy atom. The van der Waals surface area contributed by atoms with Crippen molar-refractivity contribution in [2.45, 2.75) is 45.4 Å². The second kappa shape index (κ2) is 4.86. The maximum Gasteiger partial charge on any atom is 0.0690 e. The first-order valence-electron chi connectivity index (χ1n) is 5.23. The summed E-state index contributed by atoms with van der Waals surface area (Å²) in [5.74, 6) is 1.49. The Balaban J connectivity index is 2.49. The molecule has 0 unspecified atom stereocenters. The molecule has 1 nitrogen and oxygen atoms in total. The van der Waals surface area contributed by atoms with Crippen LogP contribution in [0, 0.1) is 22.7 Å². The van der Waals surface area contributed by atoms with Crippen LogP contribution in [0.1, 0.15) is 45.4 Å². The van der Waals surface area contributed by atoms with E-state index in [1.54, 1.807) is 0 Å². The van der Waals surface area contributed by atoms with Gasteiger partial charge in [-0.3, -0.25) is 0 Å². The maximum absolute atomic E-state index is 9.12. The zero-order valence-corrected chi connectivity index (χ0v) is 9.11. The van der Waals surface area contributed by atoms with Crippen molar-refractivity contribution in [2.24, 2.45) is 11.3 Å². The van der Waals surface area contributed by atoms with Crippen molar-refractivity contribution in [1.29, 1.82) is 5.26 Å². The lowest BCUT2D eigenvalue weighted by atomic mass is 9.69. The molecule has 1 saturated carbocycles. The van der Waals surface area contributed by atoms with Crippen molar-refractivity contribution in [1.82, 2.24) is 0 Å². The van der Waals surface area contributed by atoms with Gasteiger partial charge in [0, 0.05) is 5.88 Å². The Bertz CT molecular complexity index is 187. The van der Waals surface area contributed by atoms with Crippen LogP contribution >= 0.6 is 11.6 Å². The van der Waals surface area contributed by atoms with Gasteiger partial charge in [0.15, 0.2) is 0 Å². The molecular formula is C11H18ClN. The first-order valence-corrected chi connectivity index (χ1v) is 5.77. The van der Waals surface area contributed by atoms with E-state index >= 15 is 0 Å². The van der Waals surface area contributed by atoms with Crippen molar-refractivity contribution >= 4 is 11.6 Å². The van der Waals surface area contributed by atoms with Crippen LogP contribution in [0.15, 0.2) is 0 Å². The quantitative estimate of drug-likeness (QED) is 0.636. The lowest BCUT2D eigenvalue weighted by molar-refractivity contribution is 0.201. The number of halogens is 1. The first-order chi connectivity index (χ1) is 6.26. The fourth-order valence-corrected chi connectivity index (χ4v) is 2.60. The molecule has 0 aromatic heterocycles. The molecule has 0 aromatic carbocycles. The third-order valence-electron chi connectivity index (χ3n) is 3.45. The van der Waals surface area contributed by atoms with Gasteiger partial charge in [-0.05, 0) is 38.0 Å². The number of rotatable bonds is 3. The Morgan fingerprint density at radius 3 is 2.46 bits per heavy atom. The predicted molar refractivity (Wildman–Crippen MR) is 55.6 cm³/mol. The van der Waals surface area contributed by atoms with E-state index in [2.05, 4.69) is 13.0 Å². The number of hydrogen-bond acceptors (Lipinski definition) is 1. The van der Waals surface area contributed by atoms with Crippen LogP contribution < -0.4 is 0 Å². The van der Waals surface area contributed by atoms with Crippen LogP contribution in [0.5, 0.6) is 0 Å². The van der Waals surface area contributed by atoms with Crippen molar-refractivity contribution in [3.8, 4) is 6.07 Å². The van der Waals surface area contributed by atoms with Gasteiger partial charge in [-0.25, -0.2) is 0 Å². The molecule has 1 aliphatic rings. The lowest BCUT2D eigenvalue weighted by Gasteiger charge is -2.34. The van der Waals surface area contributed by atoms with Gasteiger partial charge in [0.05, 0.1) is 11.5 Å². The molecule has 0 bridgehead atoms. The molecular weight excluding hydrogens is 182 g/mol. The number of nitriles is 1. The average Bonchev–Trinajstić information content (AvgIpc) is 2.19. The van der Waals surface area contributed by atoms with Crippen LogP contribution in [0.4, 0.5) is 0 Å². The van der Waals surface area contributed by atoms with Crippen molar-refractivity contribution in [2.75, 3.05) is 5.88 Å². The summed E-state index contributed by atoms with van der Waals surface area (Å²) in [6.45, 7) is 2.24. The molecule has 0 radical (unpaired) electrons. The van der Waals surface area contributed by atoms with Gasteiger partial charge in [-0.1, -0.05) is 13.3 Å². The van der Waals surface area contributed by atoms with Crippen LogP contribution in [-0.4, -0.2) is 5.88 Å². The molecule has 0 heterocycles. The second-order valence-corrected chi connectivity index (χ2v) is 4.56. The van der Waals surface area contributed by atoms with E-state index in [4.69, 9.17) is 16.9 Å². The van der Waals surface area contributed by atoms with Crippen molar-refractivity contribution < 1.29 is 0 Å². The Morgan fingerprint density at radius 2 is 2.08 bits per heavy atom. The van der Waals surface area contributed by atoms with Crippen LogP contribution in [0.2, 0.25) is 0 Å². The zero-order valence-electron chi connectivity index (χ0n) is 8.35. The highest BCUT2D eigenvalue weighted by atomic mass is 35.5. The van der Waals surface area contributed by atoms with E-state index in [1.165, 1.54) is 19.3 Å². The van der Waals surface area contributed by atoms with Crippen LogP contribution in [-0.2, 0) is 0 Å². The normalized spacial score (nSPS) is 34.1. The number of alkyl halides is 1. The van der Waals surface area contributed by atoms with Crippen molar-refractivity contribution in [3.63, 3.8) is 0 Å². The fraction of sp³-hybridized carbons (Fsp3) is 0.909. The van der Waals surface area contributed by atoms with Gasteiger partial charge < -0.3 is 0 Å². The Hall–Kier alpha value is -0.220. The molecule has 13 heavy (non-hydrogen) atoms. The van der Waals surface area contributed by atoms with Gasteiger partial charge >= 0.3 is 0 Å². The highest BCUT2D eigenvalue weighted by molar-refractivity contribution is 6.17. The minimum Gasteiger partial charge on any atom is -0.198 e. The van der Waals surface area contributed by atoms with E-state index in [-0.39, 0.29) is 5.41 Å². The SMILES string of the molecule is CCC1CCC(C#N)(CCCl)CC1. The predicted octanol–water partition coefficient (Wildman–Crippen LogP) is 3.73. The molecule has 2 heteroatoms. The van der Waals surface area contributed by atoms with Gasteiger partial charge in [-0.2, -0.15) is 5.26 Å². The molecule has 0 aliphatic heterocycles. The van der Waals surface area contributed by atoms with Crippen LogP contribution in [0.25, 0.3) is 0 Å². The Kier molecular flexibility index (Phi) is 4.06. The van der Waals surface area contributed by atoms with Crippen LogP contribution in [0.3, 0.4) is 0 Å². The zero-order chi connectivity index (χ0) is 9.73. The molecule has 0 N–H and O–H groups in total. The molecule has 74 valence electrons. The third-order valence-corrected chi connectivity index (χ3v) is 3.64. The number of nitrogens with zero attached hydrogens (tertiary/aromatic N) is 1. The summed E-state index contributed by atoms with van der Waals surface area (Å²) in [5.41, 5.74) is -0.0760. The van der Waals surface area contributed by atoms with E-state index < -0.39 is 0 Å². The van der Waals surface area contributed by atoms with E-state index in [0.717, 1.165) is 25.2 Å². The molecule has 0 atom stereocenters. The number of hydrogen-bond donors (Lipinski definition) is 0. The maximum atomic E-state index is 9.12. The summed E-state index contributed by atoms with van der Waals surface area (Å²) in [5, 5.41) is 9.12. The summed E-state index contributed by atoms with van der Waals surface area (Å²) >= 11 is 5.72. The van der Waals surface area contributed by atoms with Crippen molar-refractivity contribution in [3.05, 3.63) is 0 Å². The van der Waals surface area contributed by atoms with Gasteiger partial charge in [-0.15, -0.1) is 11.6 Å². The van der Waals surface area contributed by atoms with Gasteiger partial charge in [0.1, 0.15) is 0 Å². The summed E-state index contributed by atoms with van der Waals surface area (Å²) in [6, 6.07) is 2.48. The Labute approximate surface area is 86.1 Å². The average molecular weight is 200 g/mol. The van der Waals surface area contributed by atoms with Gasteiger partial charge in [0.25, 0.3) is 0 Å². The highest BCUT2D eigenvalue weighted by Gasteiger charge is 2.34. The molecule has 1 aliphatic carbocycles. The molecule has 1 fully saturated rings. The highest BCUT2D eigenvalue weighted by Crippen LogP contribution is 2.42. The third kappa shape index (κ3) is 2.61. The summed E-state index contributed by atoms with van der Waals surface area (Å²) < 4.78 is 0. The van der Waals surface area contributed by atoms with E-state index in [0.29, 0.717) is 5.88 Å². The van der Waals surface area contributed by atoms with Gasteiger partial charge in [0.2, 0.25) is 0 Å². The largest absolute Gasteiger partial charge is 0.198 e. The molecule has 0 saturated heterocycles. The topological polar surface area (TPSA) is 23.8 Å². The summed E-state index contributed by atoms with van der Waals surface area (Å²) in [4.78, 5) is 0. The smallest absolute Gasteiger partial charge is 0.0690 e. The standard InChI is InChI=1S/C11H18ClN/c1-2-10-3-5-11(9-13,6-4-10)7-8-12/h10H,2-8H2,1H3. The fourth-order valence-electron chi connectivity index (χ4n) is 2.24. The monoisotopic (exact) mass is 199 g/mol. The molecule has 0 aromatic rings. The summed E-state index contributed by atoms with van der Waals surface area (Å²) in [7, 11) is 0. The lowest BCUT2D eigenvalue weighted by Crippen LogP contribution is -2.26. The molecule has 0 amide bonds. The minimum absolute atomic E-state index is 0.0760. The molecule has 1 rings (SSSR count). The van der Waals surface area contributed by atoms with E-state index in [9.17, 15) is 0 Å². The van der Waals surface area contributed by atoms with E-state index in [1.807, 2.05) is 0 Å². The summed E-state index contributed by atoms with van der Waals surface area (Å²) in [6.07, 6.45) is 6.72. The molecule has 0 spiro atoms. The minimum atomic E-state index is -0.0760.